The minimum atomic E-state index is -4.63. The molecule has 3 heterocycles. The molecule has 0 aliphatic carbocycles. The van der Waals surface area contributed by atoms with Crippen LogP contribution in [0.4, 0.5) is 33.7 Å². The van der Waals surface area contributed by atoms with Crippen LogP contribution in [-0.4, -0.2) is 35.9 Å². The number of nitrogens with zero attached hydrogens (tertiary/aromatic N) is 2. The van der Waals surface area contributed by atoms with E-state index < -0.39 is 42.0 Å². The topological polar surface area (TPSA) is 63.7 Å². The molecule has 4 rings (SSSR count). The second kappa shape index (κ2) is 7.45. The van der Waals surface area contributed by atoms with Gasteiger partial charge in [-0.1, -0.05) is 6.07 Å². The maximum Gasteiger partial charge on any atom is 0.497 e. The normalized spacial score (nSPS) is 19.2. The zero-order valence-corrected chi connectivity index (χ0v) is 18.0. The van der Waals surface area contributed by atoms with E-state index in [1.807, 2.05) is 27.7 Å². The molecule has 0 atom stereocenters. The summed E-state index contributed by atoms with van der Waals surface area (Å²) in [7, 11) is -0.884. The number of benzene rings is 1. The Hall–Kier alpha value is -2.66. The number of pyridine rings is 1. The van der Waals surface area contributed by atoms with Crippen molar-refractivity contribution in [1.82, 2.24) is 4.98 Å². The van der Waals surface area contributed by atoms with E-state index in [0.29, 0.717) is 11.3 Å². The quantitative estimate of drug-likeness (QED) is 0.551. The van der Waals surface area contributed by atoms with E-state index in [1.165, 1.54) is 17.0 Å². The lowest BCUT2D eigenvalue weighted by atomic mass is 9.77. The molecule has 1 aromatic carbocycles. The molecule has 2 aliphatic rings. The number of amides is 2. The molecule has 2 aliphatic heterocycles. The first-order valence-corrected chi connectivity index (χ1v) is 10.1. The van der Waals surface area contributed by atoms with Gasteiger partial charge in [-0.05, 0) is 52.3 Å². The Morgan fingerprint density at radius 1 is 1.16 bits per heavy atom. The van der Waals surface area contributed by atoms with Crippen LogP contribution in [0.15, 0.2) is 30.5 Å². The predicted octanol–water partition coefficient (Wildman–Crippen LogP) is 4.13. The van der Waals surface area contributed by atoms with E-state index >= 15 is 4.39 Å². The van der Waals surface area contributed by atoms with Crippen molar-refractivity contribution in [2.75, 3.05) is 16.8 Å². The maximum absolute atomic E-state index is 15.3. The highest BCUT2D eigenvalue weighted by Gasteiger charge is 2.52. The van der Waals surface area contributed by atoms with Crippen LogP contribution < -0.4 is 15.7 Å². The van der Waals surface area contributed by atoms with E-state index in [1.54, 1.807) is 6.07 Å². The van der Waals surface area contributed by atoms with E-state index in [9.17, 15) is 18.0 Å². The molecular formula is C21H22BF4N3O3. The lowest BCUT2D eigenvalue weighted by Crippen LogP contribution is -2.41. The SMILES string of the molecule is CC1(C)OB(c2ccc3c(c2F)CCN3C(=O)Nc2ccnc(C(F)(F)F)c2)OC1(C)C. The largest absolute Gasteiger partial charge is 0.497 e. The van der Waals surface area contributed by atoms with Gasteiger partial charge in [0, 0.05) is 29.5 Å². The highest BCUT2D eigenvalue weighted by molar-refractivity contribution is 6.62. The molecule has 0 radical (unpaired) electrons. The molecule has 1 N–H and O–H groups in total. The van der Waals surface area contributed by atoms with Crippen molar-refractivity contribution in [3.63, 3.8) is 0 Å². The number of fused-ring (bicyclic) bond motifs is 1. The zero-order chi connectivity index (χ0) is 23.5. The Kier molecular flexibility index (Phi) is 5.25. The van der Waals surface area contributed by atoms with Crippen molar-refractivity contribution in [3.05, 3.63) is 47.5 Å². The number of nitrogens with one attached hydrogen (secondary N) is 1. The van der Waals surface area contributed by atoms with Gasteiger partial charge in [0.25, 0.3) is 0 Å². The number of hydrogen-bond acceptors (Lipinski definition) is 4. The standard InChI is InChI=1S/C21H22BF4N3O3/c1-19(2)20(3,4)32-22(31-19)14-5-6-15-13(17(14)23)8-10-29(15)18(30)28-12-7-9-27-16(11-12)21(24,25)26/h5-7,9,11H,8,10H2,1-4H3,(H,27,28,30). The second-order valence-electron chi connectivity index (χ2n) is 8.81. The summed E-state index contributed by atoms with van der Waals surface area (Å²) < 4.78 is 65.8. The maximum atomic E-state index is 15.3. The van der Waals surface area contributed by atoms with Crippen molar-refractivity contribution in [1.29, 1.82) is 0 Å². The number of alkyl halides is 3. The number of anilines is 2. The van der Waals surface area contributed by atoms with E-state index in [0.717, 1.165) is 12.3 Å². The molecule has 0 bridgehead atoms. The molecule has 2 amide bonds. The third-order valence-electron chi connectivity index (χ3n) is 6.18. The number of halogens is 4. The summed E-state index contributed by atoms with van der Waals surface area (Å²) in [5.41, 5.74) is -1.50. The summed E-state index contributed by atoms with van der Waals surface area (Å²) in [6.07, 6.45) is -3.41. The van der Waals surface area contributed by atoms with Gasteiger partial charge in [0.1, 0.15) is 11.5 Å². The van der Waals surface area contributed by atoms with Crippen LogP contribution in [0.1, 0.15) is 39.0 Å². The highest BCUT2D eigenvalue weighted by atomic mass is 19.4. The predicted molar refractivity (Wildman–Crippen MR) is 111 cm³/mol. The molecule has 11 heteroatoms. The number of hydrogen-bond donors (Lipinski definition) is 1. The van der Waals surface area contributed by atoms with Crippen LogP contribution in [0, 0.1) is 5.82 Å². The fraction of sp³-hybridized carbons (Fsp3) is 0.429. The Morgan fingerprint density at radius 3 is 2.44 bits per heavy atom. The average Bonchev–Trinajstić information content (AvgIpc) is 3.20. The van der Waals surface area contributed by atoms with Crippen molar-refractivity contribution in [2.24, 2.45) is 0 Å². The molecule has 0 spiro atoms. The third kappa shape index (κ3) is 3.84. The Bertz CT molecular complexity index is 1060. The first-order chi connectivity index (χ1) is 14.8. The number of aromatic nitrogens is 1. The molecule has 32 heavy (non-hydrogen) atoms. The number of carbonyl (C=O) groups excluding carboxylic acids is 1. The molecule has 2 aromatic rings. The molecule has 1 saturated heterocycles. The monoisotopic (exact) mass is 451 g/mol. The summed E-state index contributed by atoms with van der Waals surface area (Å²) in [4.78, 5) is 17.3. The van der Waals surface area contributed by atoms with E-state index in [-0.39, 0.29) is 24.1 Å². The van der Waals surface area contributed by atoms with E-state index in [2.05, 4.69) is 10.3 Å². The molecule has 0 unspecified atom stereocenters. The van der Waals surface area contributed by atoms with Gasteiger partial charge >= 0.3 is 19.3 Å². The van der Waals surface area contributed by atoms with Gasteiger partial charge in [-0.25, -0.2) is 9.18 Å². The molecule has 1 fully saturated rings. The summed E-state index contributed by atoms with van der Waals surface area (Å²) in [5, 5.41) is 2.42. The Balaban J connectivity index is 1.55. The van der Waals surface area contributed by atoms with Gasteiger partial charge < -0.3 is 14.6 Å². The van der Waals surface area contributed by atoms with Crippen molar-refractivity contribution in [2.45, 2.75) is 51.5 Å². The third-order valence-corrected chi connectivity index (χ3v) is 6.18. The summed E-state index contributed by atoms with van der Waals surface area (Å²) >= 11 is 0. The van der Waals surface area contributed by atoms with E-state index in [4.69, 9.17) is 9.31 Å². The van der Waals surface area contributed by atoms with Crippen LogP contribution >= 0.6 is 0 Å². The molecule has 170 valence electrons. The lowest BCUT2D eigenvalue weighted by molar-refractivity contribution is -0.141. The minimum absolute atomic E-state index is 0.0555. The molecule has 0 saturated carbocycles. The highest BCUT2D eigenvalue weighted by Crippen LogP contribution is 2.38. The number of carbonyl (C=O) groups is 1. The smallest absolute Gasteiger partial charge is 0.399 e. The number of urea groups is 1. The van der Waals surface area contributed by atoms with Gasteiger partial charge in [0.15, 0.2) is 0 Å². The lowest BCUT2D eigenvalue weighted by Gasteiger charge is -2.32. The van der Waals surface area contributed by atoms with Gasteiger partial charge in [0.2, 0.25) is 0 Å². The fourth-order valence-corrected chi connectivity index (χ4v) is 3.68. The van der Waals surface area contributed by atoms with Crippen LogP contribution in [0.5, 0.6) is 0 Å². The summed E-state index contributed by atoms with van der Waals surface area (Å²) in [5.74, 6) is -0.514. The van der Waals surface area contributed by atoms with Crippen LogP contribution in [-0.2, 0) is 21.9 Å². The summed E-state index contributed by atoms with van der Waals surface area (Å²) in [6.45, 7) is 7.66. The number of rotatable bonds is 2. The zero-order valence-electron chi connectivity index (χ0n) is 18.0. The fourth-order valence-electron chi connectivity index (χ4n) is 3.68. The first-order valence-electron chi connectivity index (χ1n) is 10.1. The summed E-state index contributed by atoms with van der Waals surface area (Å²) in [6, 6.07) is 4.45. The van der Waals surface area contributed by atoms with Crippen LogP contribution in [0.2, 0.25) is 0 Å². The van der Waals surface area contributed by atoms with Crippen molar-refractivity contribution < 1.29 is 31.7 Å². The average molecular weight is 451 g/mol. The molecule has 1 aromatic heterocycles. The van der Waals surface area contributed by atoms with Gasteiger partial charge in [0.05, 0.1) is 16.9 Å². The Labute approximate surface area is 183 Å². The Morgan fingerprint density at radius 2 is 1.81 bits per heavy atom. The first kappa shape index (κ1) is 22.5. The van der Waals surface area contributed by atoms with Crippen molar-refractivity contribution in [3.8, 4) is 0 Å². The second-order valence-corrected chi connectivity index (χ2v) is 8.81. The molecule has 6 nitrogen and oxygen atoms in total. The van der Waals surface area contributed by atoms with Crippen molar-refractivity contribution >= 4 is 30.0 Å². The van der Waals surface area contributed by atoms with Gasteiger partial charge in [-0.15, -0.1) is 0 Å². The van der Waals surface area contributed by atoms with Gasteiger partial charge in [-0.2, -0.15) is 13.2 Å². The van der Waals surface area contributed by atoms with Gasteiger partial charge in [-0.3, -0.25) is 9.88 Å². The van der Waals surface area contributed by atoms with Crippen LogP contribution in [0.3, 0.4) is 0 Å². The minimum Gasteiger partial charge on any atom is -0.399 e. The van der Waals surface area contributed by atoms with Crippen LogP contribution in [0.25, 0.3) is 0 Å². The molecular weight excluding hydrogens is 429 g/mol.